The summed E-state index contributed by atoms with van der Waals surface area (Å²) in [5, 5.41) is 2.94. The summed E-state index contributed by atoms with van der Waals surface area (Å²) in [6, 6.07) is 4.77. The minimum atomic E-state index is -0.784. The van der Waals surface area contributed by atoms with Crippen LogP contribution < -0.4 is 5.32 Å². The van der Waals surface area contributed by atoms with E-state index in [-0.39, 0.29) is 27.6 Å². The quantitative estimate of drug-likeness (QED) is 0.653. The third-order valence-corrected chi connectivity index (χ3v) is 4.62. The van der Waals surface area contributed by atoms with E-state index < -0.39 is 11.8 Å². The maximum Gasteiger partial charge on any atom is 0.313 e. The minimum Gasteiger partial charge on any atom is -0.466 e. The van der Waals surface area contributed by atoms with Gasteiger partial charge in [-0.2, -0.15) is 0 Å². The number of carbonyl (C=O) groups is 3. The van der Waals surface area contributed by atoms with Gasteiger partial charge < -0.3 is 15.0 Å². The maximum atomic E-state index is 12.2. The van der Waals surface area contributed by atoms with E-state index in [1.807, 2.05) is 0 Å². The van der Waals surface area contributed by atoms with E-state index in [9.17, 15) is 14.4 Å². The Labute approximate surface area is 150 Å². The first-order chi connectivity index (χ1) is 11.4. The molecule has 6 nitrogen and oxygen atoms in total. The van der Waals surface area contributed by atoms with Gasteiger partial charge in [0.25, 0.3) is 0 Å². The smallest absolute Gasteiger partial charge is 0.313 e. The molecule has 1 aliphatic heterocycles. The van der Waals surface area contributed by atoms with Gasteiger partial charge in [-0.1, -0.05) is 29.3 Å². The molecule has 1 aromatic carbocycles. The molecule has 1 aromatic rings. The summed E-state index contributed by atoms with van der Waals surface area (Å²) < 4.78 is 4.98. The number of piperidine rings is 1. The lowest BCUT2D eigenvalue weighted by Gasteiger charge is -2.30. The summed E-state index contributed by atoms with van der Waals surface area (Å²) in [5.74, 6) is -1.92. The van der Waals surface area contributed by atoms with Gasteiger partial charge in [0.05, 0.1) is 28.3 Å². The number of halogens is 2. The molecule has 1 saturated heterocycles. The predicted molar refractivity (Wildman–Crippen MR) is 91.0 cm³/mol. The SMILES string of the molecule is CCOC(=O)C1CCN(C(=O)C(=O)Nc2cccc(Cl)c2Cl)CC1. The zero-order chi connectivity index (χ0) is 17.7. The molecule has 0 radical (unpaired) electrons. The van der Waals surface area contributed by atoms with Crippen molar-refractivity contribution in [3.05, 3.63) is 28.2 Å². The van der Waals surface area contributed by atoms with Crippen LogP contribution in [0.3, 0.4) is 0 Å². The molecule has 2 rings (SSSR count). The normalized spacial score (nSPS) is 15.0. The molecule has 0 spiro atoms. The van der Waals surface area contributed by atoms with Crippen LogP contribution in [0, 0.1) is 5.92 Å². The van der Waals surface area contributed by atoms with Crippen molar-refractivity contribution in [1.82, 2.24) is 4.90 Å². The second kappa shape index (κ2) is 8.35. The number of carbonyl (C=O) groups excluding carboxylic acids is 3. The van der Waals surface area contributed by atoms with Crippen molar-refractivity contribution in [3.63, 3.8) is 0 Å². The Kier molecular flexibility index (Phi) is 6.45. The van der Waals surface area contributed by atoms with Gasteiger partial charge in [0.15, 0.2) is 0 Å². The molecule has 2 amide bonds. The second-order valence-electron chi connectivity index (χ2n) is 5.37. The van der Waals surface area contributed by atoms with Gasteiger partial charge in [-0.3, -0.25) is 14.4 Å². The van der Waals surface area contributed by atoms with Gasteiger partial charge in [0, 0.05) is 13.1 Å². The Morgan fingerprint density at radius 1 is 1.25 bits per heavy atom. The van der Waals surface area contributed by atoms with Crippen LogP contribution in [0.5, 0.6) is 0 Å². The largest absolute Gasteiger partial charge is 0.466 e. The number of esters is 1. The standard InChI is InChI=1S/C16H18Cl2N2O4/c1-2-24-16(23)10-6-8-20(9-7-10)15(22)14(21)19-12-5-3-4-11(17)13(12)18/h3-5,10H,2,6-9H2,1H3,(H,19,21). The van der Waals surface area contributed by atoms with E-state index >= 15 is 0 Å². The number of benzene rings is 1. The van der Waals surface area contributed by atoms with E-state index in [0.29, 0.717) is 32.5 Å². The van der Waals surface area contributed by atoms with Crippen molar-refractivity contribution in [2.75, 3.05) is 25.0 Å². The molecular formula is C16H18Cl2N2O4. The van der Waals surface area contributed by atoms with Crippen LogP contribution in [0.15, 0.2) is 18.2 Å². The van der Waals surface area contributed by atoms with Crippen molar-refractivity contribution in [1.29, 1.82) is 0 Å². The Morgan fingerprint density at radius 3 is 2.54 bits per heavy atom. The first-order valence-corrected chi connectivity index (χ1v) is 8.40. The average molecular weight is 373 g/mol. The van der Waals surface area contributed by atoms with Crippen LogP contribution in [-0.4, -0.2) is 42.4 Å². The number of hydrogen-bond donors (Lipinski definition) is 1. The molecule has 8 heteroatoms. The van der Waals surface area contributed by atoms with Gasteiger partial charge in [-0.25, -0.2) is 0 Å². The lowest BCUT2D eigenvalue weighted by Crippen LogP contribution is -2.45. The number of likely N-dealkylation sites (tertiary alicyclic amines) is 1. The van der Waals surface area contributed by atoms with Crippen LogP contribution in [0.1, 0.15) is 19.8 Å². The molecular weight excluding hydrogens is 355 g/mol. The Balaban J connectivity index is 1.92. The number of nitrogens with one attached hydrogen (secondary N) is 1. The molecule has 0 saturated carbocycles. The fraction of sp³-hybridized carbons (Fsp3) is 0.438. The third-order valence-electron chi connectivity index (χ3n) is 3.80. The second-order valence-corrected chi connectivity index (χ2v) is 6.16. The van der Waals surface area contributed by atoms with Crippen LogP contribution in [0.4, 0.5) is 5.69 Å². The molecule has 0 aromatic heterocycles. The van der Waals surface area contributed by atoms with Crippen molar-refractivity contribution in [2.45, 2.75) is 19.8 Å². The van der Waals surface area contributed by atoms with Crippen LogP contribution in [0.25, 0.3) is 0 Å². The van der Waals surface area contributed by atoms with Crippen molar-refractivity contribution >= 4 is 46.7 Å². The highest BCUT2D eigenvalue weighted by atomic mass is 35.5. The maximum absolute atomic E-state index is 12.2. The first-order valence-electron chi connectivity index (χ1n) is 7.65. The fourth-order valence-electron chi connectivity index (χ4n) is 2.50. The zero-order valence-electron chi connectivity index (χ0n) is 13.2. The summed E-state index contributed by atoms with van der Waals surface area (Å²) >= 11 is 11.9. The van der Waals surface area contributed by atoms with Gasteiger partial charge in [0.2, 0.25) is 0 Å². The topological polar surface area (TPSA) is 75.7 Å². The minimum absolute atomic E-state index is 0.182. The Hall–Kier alpha value is -1.79. The lowest BCUT2D eigenvalue weighted by atomic mass is 9.97. The van der Waals surface area contributed by atoms with Gasteiger partial charge >= 0.3 is 17.8 Å². The summed E-state index contributed by atoms with van der Waals surface area (Å²) in [6.45, 7) is 2.75. The van der Waals surface area contributed by atoms with Crippen molar-refractivity contribution < 1.29 is 19.1 Å². The first kappa shape index (κ1) is 18.5. The third kappa shape index (κ3) is 4.39. The van der Waals surface area contributed by atoms with Gasteiger partial charge in [-0.05, 0) is 31.9 Å². The molecule has 130 valence electrons. The van der Waals surface area contributed by atoms with Gasteiger partial charge in [0.1, 0.15) is 0 Å². The monoisotopic (exact) mass is 372 g/mol. The number of nitrogens with zero attached hydrogens (tertiary/aromatic N) is 1. The average Bonchev–Trinajstić information content (AvgIpc) is 2.58. The van der Waals surface area contributed by atoms with E-state index in [1.165, 1.54) is 4.90 Å². The molecule has 0 aliphatic carbocycles. The highest BCUT2D eigenvalue weighted by molar-refractivity contribution is 6.45. The number of amides is 2. The molecule has 0 unspecified atom stereocenters. The summed E-state index contributed by atoms with van der Waals surface area (Å²) in [6.07, 6.45) is 0.964. The Morgan fingerprint density at radius 2 is 1.92 bits per heavy atom. The molecule has 1 aliphatic rings. The predicted octanol–water partition coefficient (Wildman–Crippen LogP) is 2.73. The van der Waals surface area contributed by atoms with E-state index in [0.717, 1.165) is 0 Å². The molecule has 0 atom stereocenters. The van der Waals surface area contributed by atoms with Crippen molar-refractivity contribution in [3.8, 4) is 0 Å². The summed E-state index contributed by atoms with van der Waals surface area (Å²) in [4.78, 5) is 37.4. The highest BCUT2D eigenvalue weighted by Gasteiger charge is 2.31. The number of hydrogen-bond acceptors (Lipinski definition) is 4. The number of ether oxygens (including phenoxy) is 1. The van der Waals surface area contributed by atoms with Crippen LogP contribution in [-0.2, 0) is 19.1 Å². The molecule has 1 fully saturated rings. The van der Waals surface area contributed by atoms with E-state index in [4.69, 9.17) is 27.9 Å². The lowest BCUT2D eigenvalue weighted by molar-refractivity contribution is -0.152. The molecule has 24 heavy (non-hydrogen) atoms. The molecule has 0 bridgehead atoms. The van der Waals surface area contributed by atoms with Crippen LogP contribution in [0.2, 0.25) is 10.0 Å². The van der Waals surface area contributed by atoms with Crippen LogP contribution >= 0.6 is 23.2 Å². The fourth-order valence-corrected chi connectivity index (χ4v) is 2.85. The molecule has 1 heterocycles. The zero-order valence-corrected chi connectivity index (χ0v) is 14.7. The number of anilines is 1. The van der Waals surface area contributed by atoms with Gasteiger partial charge in [-0.15, -0.1) is 0 Å². The summed E-state index contributed by atoms with van der Waals surface area (Å²) in [5.41, 5.74) is 0.281. The molecule has 1 N–H and O–H groups in total. The summed E-state index contributed by atoms with van der Waals surface area (Å²) in [7, 11) is 0. The van der Waals surface area contributed by atoms with Crippen molar-refractivity contribution in [2.24, 2.45) is 5.92 Å². The van der Waals surface area contributed by atoms with E-state index in [2.05, 4.69) is 5.32 Å². The highest BCUT2D eigenvalue weighted by Crippen LogP contribution is 2.29. The number of rotatable bonds is 3. The van der Waals surface area contributed by atoms with E-state index in [1.54, 1.807) is 25.1 Å². The Bertz CT molecular complexity index is 643.